The number of aryl methyl sites for hydroxylation is 1. The third kappa shape index (κ3) is 3.76. The highest BCUT2D eigenvalue weighted by Crippen LogP contribution is 2.33. The van der Waals surface area contributed by atoms with Gasteiger partial charge in [0.15, 0.2) is 0 Å². The molecule has 4 heterocycles. The second kappa shape index (κ2) is 7.41. The molecule has 1 aliphatic heterocycles. The molecular formula is C17H15ClN4O3S2. The maximum atomic E-state index is 12.7. The summed E-state index contributed by atoms with van der Waals surface area (Å²) < 4.78 is 5.72. The normalized spacial score (nSPS) is 14.6. The Hall–Kier alpha value is -2.23. The molecule has 140 valence electrons. The molecule has 0 aromatic carbocycles. The first-order valence-corrected chi connectivity index (χ1v) is 10.3. The Labute approximate surface area is 168 Å². The minimum Gasteiger partial charge on any atom is -0.351 e. The molecule has 0 saturated carbocycles. The first-order valence-electron chi connectivity index (χ1n) is 8.24. The summed E-state index contributed by atoms with van der Waals surface area (Å²) in [6, 6.07) is 5.33. The van der Waals surface area contributed by atoms with Gasteiger partial charge < -0.3 is 14.3 Å². The predicted molar refractivity (Wildman–Crippen MR) is 103 cm³/mol. The Morgan fingerprint density at radius 1 is 1.15 bits per heavy atom. The maximum Gasteiger partial charge on any atom is 0.292 e. The van der Waals surface area contributed by atoms with E-state index in [0.717, 1.165) is 9.88 Å². The lowest BCUT2D eigenvalue weighted by Crippen LogP contribution is -2.50. The third-order valence-electron chi connectivity index (χ3n) is 4.20. The number of halogens is 1. The molecule has 7 nitrogen and oxygen atoms in total. The van der Waals surface area contributed by atoms with Crippen molar-refractivity contribution in [3.8, 4) is 9.88 Å². The highest BCUT2D eigenvalue weighted by Gasteiger charge is 2.28. The molecule has 0 N–H and O–H groups in total. The van der Waals surface area contributed by atoms with E-state index in [1.54, 1.807) is 28.2 Å². The van der Waals surface area contributed by atoms with Crippen LogP contribution in [-0.4, -0.2) is 57.9 Å². The van der Waals surface area contributed by atoms with Crippen molar-refractivity contribution in [2.45, 2.75) is 6.92 Å². The number of hydrogen-bond donors (Lipinski definition) is 0. The SMILES string of the molecule is Cc1cc(C(=O)N2CCN(C(=O)c3csc(-c4ccc(Cl)s4)n3)CC2)on1. The van der Waals surface area contributed by atoms with E-state index in [1.807, 2.05) is 12.1 Å². The van der Waals surface area contributed by atoms with Crippen LogP contribution < -0.4 is 0 Å². The summed E-state index contributed by atoms with van der Waals surface area (Å²) in [5.74, 6) is -0.0954. The average molecular weight is 423 g/mol. The van der Waals surface area contributed by atoms with Crippen LogP contribution in [0.25, 0.3) is 9.88 Å². The number of carbonyl (C=O) groups is 2. The van der Waals surface area contributed by atoms with Crippen molar-refractivity contribution in [1.82, 2.24) is 19.9 Å². The quantitative estimate of drug-likeness (QED) is 0.646. The molecule has 0 spiro atoms. The average Bonchev–Trinajstić information content (AvgIpc) is 3.41. The van der Waals surface area contributed by atoms with E-state index >= 15 is 0 Å². The molecule has 0 unspecified atom stereocenters. The van der Waals surface area contributed by atoms with Crippen LogP contribution in [0.2, 0.25) is 4.34 Å². The maximum absolute atomic E-state index is 12.7. The monoisotopic (exact) mass is 422 g/mol. The van der Waals surface area contributed by atoms with Crippen LogP contribution in [0.5, 0.6) is 0 Å². The summed E-state index contributed by atoms with van der Waals surface area (Å²) in [4.78, 5) is 33.9. The van der Waals surface area contributed by atoms with E-state index in [-0.39, 0.29) is 17.6 Å². The van der Waals surface area contributed by atoms with Crippen molar-refractivity contribution < 1.29 is 14.1 Å². The van der Waals surface area contributed by atoms with Gasteiger partial charge in [0.1, 0.15) is 10.7 Å². The van der Waals surface area contributed by atoms with E-state index in [2.05, 4.69) is 10.1 Å². The molecule has 0 aliphatic carbocycles. The Morgan fingerprint density at radius 2 is 1.85 bits per heavy atom. The van der Waals surface area contributed by atoms with Gasteiger partial charge in [-0.15, -0.1) is 22.7 Å². The van der Waals surface area contributed by atoms with Gasteiger partial charge in [0, 0.05) is 37.6 Å². The van der Waals surface area contributed by atoms with E-state index in [9.17, 15) is 9.59 Å². The molecule has 2 amide bonds. The Balaban J connectivity index is 1.39. The fourth-order valence-electron chi connectivity index (χ4n) is 2.81. The number of rotatable bonds is 3. The molecule has 3 aromatic heterocycles. The lowest BCUT2D eigenvalue weighted by atomic mass is 10.2. The smallest absolute Gasteiger partial charge is 0.292 e. The minimum atomic E-state index is -0.201. The van der Waals surface area contributed by atoms with Gasteiger partial charge in [-0.3, -0.25) is 9.59 Å². The summed E-state index contributed by atoms with van der Waals surface area (Å²) in [6.45, 7) is 3.57. The van der Waals surface area contributed by atoms with Gasteiger partial charge in [0.25, 0.3) is 11.8 Å². The molecule has 0 bridgehead atoms. The van der Waals surface area contributed by atoms with Crippen molar-refractivity contribution in [1.29, 1.82) is 0 Å². The third-order valence-corrected chi connectivity index (χ3v) is 6.44. The molecule has 1 saturated heterocycles. The lowest BCUT2D eigenvalue weighted by molar-refractivity contribution is 0.0510. The largest absolute Gasteiger partial charge is 0.351 e. The summed E-state index contributed by atoms with van der Waals surface area (Å²) in [5.41, 5.74) is 1.09. The van der Waals surface area contributed by atoms with Gasteiger partial charge in [-0.1, -0.05) is 16.8 Å². The zero-order valence-electron chi connectivity index (χ0n) is 14.3. The summed E-state index contributed by atoms with van der Waals surface area (Å²) in [5, 5.41) is 6.29. The number of carbonyl (C=O) groups excluding carboxylic acids is 2. The Kier molecular flexibility index (Phi) is 4.98. The van der Waals surface area contributed by atoms with E-state index in [1.165, 1.54) is 22.7 Å². The zero-order valence-corrected chi connectivity index (χ0v) is 16.7. The van der Waals surface area contributed by atoms with Crippen LogP contribution in [0.3, 0.4) is 0 Å². The second-order valence-electron chi connectivity index (χ2n) is 6.06. The number of amides is 2. The standard InChI is InChI=1S/C17H15ClN4O3S2/c1-10-8-12(25-20-10)17(24)22-6-4-21(5-7-22)16(23)11-9-26-15(19-11)13-2-3-14(18)27-13/h2-3,8-9H,4-7H2,1H3. The van der Waals surface area contributed by atoms with Crippen LogP contribution >= 0.6 is 34.3 Å². The van der Waals surface area contributed by atoms with Crippen LogP contribution in [0.15, 0.2) is 28.1 Å². The topological polar surface area (TPSA) is 79.5 Å². The van der Waals surface area contributed by atoms with Crippen molar-refractivity contribution in [3.63, 3.8) is 0 Å². The highest BCUT2D eigenvalue weighted by molar-refractivity contribution is 7.23. The Bertz CT molecular complexity index is 988. The molecule has 27 heavy (non-hydrogen) atoms. The molecular weight excluding hydrogens is 408 g/mol. The number of hydrogen-bond acceptors (Lipinski definition) is 7. The molecule has 3 aromatic rings. The molecule has 0 atom stereocenters. The van der Waals surface area contributed by atoms with Crippen molar-refractivity contribution >= 4 is 46.1 Å². The zero-order chi connectivity index (χ0) is 19.0. The minimum absolute atomic E-state index is 0.122. The molecule has 0 radical (unpaired) electrons. The summed E-state index contributed by atoms with van der Waals surface area (Å²) in [7, 11) is 0. The predicted octanol–water partition coefficient (Wildman–Crippen LogP) is 3.42. The number of thiazole rings is 1. The van der Waals surface area contributed by atoms with E-state index in [4.69, 9.17) is 16.1 Å². The molecule has 1 aliphatic rings. The lowest BCUT2D eigenvalue weighted by Gasteiger charge is -2.33. The van der Waals surface area contributed by atoms with Gasteiger partial charge in [-0.2, -0.15) is 0 Å². The van der Waals surface area contributed by atoms with Gasteiger partial charge in [0.2, 0.25) is 5.76 Å². The fraction of sp³-hybridized carbons (Fsp3) is 0.294. The van der Waals surface area contributed by atoms with Crippen LogP contribution in [0.4, 0.5) is 0 Å². The van der Waals surface area contributed by atoms with Crippen molar-refractivity contribution in [2.75, 3.05) is 26.2 Å². The van der Waals surface area contributed by atoms with Crippen molar-refractivity contribution in [2.24, 2.45) is 0 Å². The number of piperazine rings is 1. The number of nitrogens with zero attached hydrogens (tertiary/aromatic N) is 4. The van der Waals surface area contributed by atoms with Gasteiger partial charge in [0.05, 0.1) is 14.9 Å². The fourth-order valence-corrected chi connectivity index (χ4v) is 4.72. The summed E-state index contributed by atoms with van der Waals surface area (Å²) in [6.07, 6.45) is 0. The molecule has 1 fully saturated rings. The molecule has 4 rings (SSSR count). The van der Waals surface area contributed by atoms with E-state index in [0.29, 0.717) is 41.9 Å². The van der Waals surface area contributed by atoms with E-state index < -0.39 is 0 Å². The number of aromatic nitrogens is 2. The van der Waals surface area contributed by atoms with Crippen molar-refractivity contribution in [3.05, 3.63) is 45.1 Å². The van der Waals surface area contributed by atoms with Crippen LogP contribution in [0.1, 0.15) is 26.7 Å². The van der Waals surface area contributed by atoms with Gasteiger partial charge in [-0.05, 0) is 19.1 Å². The first-order chi connectivity index (χ1) is 13.0. The second-order valence-corrected chi connectivity index (χ2v) is 8.63. The van der Waals surface area contributed by atoms with Crippen LogP contribution in [0, 0.1) is 6.92 Å². The highest BCUT2D eigenvalue weighted by atomic mass is 35.5. The molecule has 10 heteroatoms. The van der Waals surface area contributed by atoms with Crippen LogP contribution in [-0.2, 0) is 0 Å². The summed E-state index contributed by atoms with van der Waals surface area (Å²) >= 11 is 8.82. The first kappa shape index (κ1) is 18.1. The Morgan fingerprint density at radius 3 is 2.44 bits per heavy atom. The van der Waals surface area contributed by atoms with Gasteiger partial charge in [-0.25, -0.2) is 4.98 Å². The van der Waals surface area contributed by atoms with Gasteiger partial charge >= 0.3 is 0 Å². The number of thiophene rings is 1.